The van der Waals surface area contributed by atoms with Crippen LogP contribution in [0.5, 0.6) is 0 Å². The van der Waals surface area contributed by atoms with Crippen molar-refractivity contribution in [3.63, 3.8) is 0 Å². The second kappa shape index (κ2) is 5.60. The maximum Gasteiger partial charge on any atom is 0.137 e. The van der Waals surface area contributed by atoms with Crippen LogP contribution >= 0.6 is 11.6 Å². The normalized spacial score (nSPS) is 11.3. The van der Waals surface area contributed by atoms with Crippen LogP contribution in [0.3, 0.4) is 0 Å². The molecule has 0 saturated heterocycles. The van der Waals surface area contributed by atoms with Gasteiger partial charge in [0.05, 0.1) is 23.0 Å². The number of hydrogen-bond acceptors (Lipinski definition) is 4. The van der Waals surface area contributed by atoms with Gasteiger partial charge in [-0.15, -0.1) is 5.10 Å². The standard InChI is InChI=1S/C13H14ClN5O/c14-10-3-4-13-15-12(7-18(13)6-10)9-19-8-11(16-17-19)2-1-5-20/h3-4,6-8,20H,1-2,5,9H2. The third-order valence-corrected chi connectivity index (χ3v) is 3.19. The summed E-state index contributed by atoms with van der Waals surface area (Å²) in [6.07, 6.45) is 7.06. The van der Waals surface area contributed by atoms with Crippen molar-refractivity contribution < 1.29 is 5.11 Å². The fraction of sp³-hybridized carbons (Fsp3) is 0.308. The summed E-state index contributed by atoms with van der Waals surface area (Å²) in [4.78, 5) is 4.50. The number of halogens is 1. The molecule has 0 spiro atoms. The van der Waals surface area contributed by atoms with Crippen molar-refractivity contribution in [3.05, 3.63) is 47.1 Å². The van der Waals surface area contributed by atoms with Crippen LogP contribution in [0.25, 0.3) is 5.65 Å². The highest BCUT2D eigenvalue weighted by Crippen LogP contribution is 2.12. The Labute approximate surface area is 120 Å². The van der Waals surface area contributed by atoms with Gasteiger partial charge in [-0.3, -0.25) is 0 Å². The topological polar surface area (TPSA) is 68.2 Å². The van der Waals surface area contributed by atoms with Crippen molar-refractivity contribution in [2.24, 2.45) is 0 Å². The molecule has 3 aromatic rings. The van der Waals surface area contributed by atoms with Gasteiger partial charge in [-0.05, 0) is 25.0 Å². The molecular weight excluding hydrogens is 278 g/mol. The molecule has 7 heteroatoms. The first-order chi connectivity index (χ1) is 9.74. The Morgan fingerprint density at radius 3 is 2.90 bits per heavy atom. The zero-order valence-corrected chi connectivity index (χ0v) is 11.5. The number of aliphatic hydroxyl groups excluding tert-OH is 1. The van der Waals surface area contributed by atoms with Crippen LogP contribution in [-0.4, -0.2) is 36.1 Å². The largest absolute Gasteiger partial charge is 0.396 e. The van der Waals surface area contributed by atoms with Gasteiger partial charge in [0.25, 0.3) is 0 Å². The maximum absolute atomic E-state index is 8.79. The lowest BCUT2D eigenvalue weighted by atomic mass is 10.3. The van der Waals surface area contributed by atoms with Crippen LogP contribution in [0.2, 0.25) is 5.02 Å². The van der Waals surface area contributed by atoms with Crippen LogP contribution in [0.1, 0.15) is 17.8 Å². The highest BCUT2D eigenvalue weighted by atomic mass is 35.5. The number of fused-ring (bicyclic) bond motifs is 1. The Balaban J connectivity index is 1.76. The molecule has 20 heavy (non-hydrogen) atoms. The number of aliphatic hydroxyl groups is 1. The van der Waals surface area contributed by atoms with E-state index in [2.05, 4.69) is 15.3 Å². The van der Waals surface area contributed by atoms with Gasteiger partial charge >= 0.3 is 0 Å². The van der Waals surface area contributed by atoms with Gasteiger partial charge in [-0.2, -0.15) is 0 Å². The van der Waals surface area contributed by atoms with Gasteiger partial charge in [0.2, 0.25) is 0 Å². The minimum Gasteiger partial charge on any atom is -0.396 e. The average molecular weight is 292 g/mol. The number of aromatic nitrogens is 5. The van der Waals surface area contributed by atoms with E-state index in [-0.39, 0.29) is 6.61 Å². The number of hydrogen-bond donors (Lipinski definition) is 1. The number of rotatable bonds is 5. The van der Waals surface area contributed by atoms with E-state index >= 15 is 0 Å². The smallest absolute Gasteiger partial charge is 0.137 e. The van der Waals surface area contributed by atoms with Crippen molar-refractivity contribution in [3.8, 4) is 0 Å². The zero-order valence-electron chi connectivity index (χ0n) is 10.8. The van der Waals surface area contributed by atoms with Crippen molar-refractivity contribution in [1.82, 2.24) is 24.4 Å². The first-order valence-corrected chi connectivity index (χ1v) is 6.75. The van der Waals surface area contributed by atoms with Crippen LogP contribution in [-0.2, 0) is 13.0 Å². The summed E-state index contributed by atoms with van der Waals surface area (Å²) < 4.78 is 3.64. The van der Waals surface area contributed by atoms with Crippen molar-refractivity contribution in [1.29, 1.82) is 0 Å². The molecule has 1 N–H and O–H groups in total. The molecule has 0 saturated carbocycles. The summed E-state index contributed by atoms with van der Waals surface area (Å²) >= 11 is 5.94. The molecule has 6 nitrogen and oxygen atoms in total. The molecular formula is C13H14ClN5O. The second-order valence-electron chi connectivity index (χ2n) is 4.58. The van der Waals surface area contributed by atoms with E-state index in [1.165, 1.54) is 0 Å². The van der Waals surface area contributed by atoms with Crippen LogP contribution in [0.4, 0.5) is 0 Å². The number of aryl methyl sites for hydroxylation is 1. The Hall–Kier alpha value is -1.92. The lowest BCUT2D eigenvalue weighted by molar-refractivity contribution is 0.288. The van der Waals surface area contributed by atoms with Gasteiger partial charge < -0.3 is 9.51 Å². The first-order valence-electron chi connectivity index (χ1n) is 6.37. The summed E-state index contributed by atoms with van der Waals surface area (Å²) in [5.41, 5.74) is 2.63. The van der Waals surface area contributed by atoms with E-state index in [4.69, 9.17) is 16.7 Å². The van der Waals surface area contributed by atoms with Crippen LogP contribution in [0.15, 0.2) is 30.7 Å². The number of imidazole rings is 1. The second-order valence-corrected chi connectivity index (χ2v) is 5.02. The Bertz CT molecular complexity index is 720. The molecule has 0 aromatic carbocycles. The van der Waals surface area contributed by atoms with E-state index in [9.17, 15) is 0 Å². The fourth-order valence-electron chi connectivity index (χ4n) is 2.05. The molecule has 0 aliphatic heterocycles. The van der Waals surface area contributed by atoms with Crippen LogP contribution < -0.4 is 0 Å². The van der Waals surface area contributed by atoms with Gasteiger partial charge in [-0.25, -0.2) is 9.67 Å². The molecule has 0 atom stereocenters. The zero-order chi connectivity index (χ0) is 13.9. The van der Waals surface area contributed by atoms with E-state index in [1.54, 1.807) is 4.68 Å². The minimum atomic E-state index is 0.167. The first kappa shape index (κ1) is 13.1. The lowest BCUT2D eigenvalue weighted by Gasteiger charge is -1.94. The SMILES string of the molecule is OCCCc1cn(Cc2cn3cc(Cl)ccc3n2)nn1. The molecule has 0 unspecified atom stereocenters. The summed E-state index contributed by atoms with van der Waals surface area (Å²) in [7, 11) is 0. The monoisotopic (exact) mass is 291 g/mol. The highest BCUT2D eigenvalue weighted by molar-refractivity contribution is 6.30. The molecule has 0 amide bonds. The Kier molecular flexibility index (Phi) is 3.66. The predicted octanol–water partition coefficient (Wildman–Crippen LogP) is 1.55. The Morgan fingerprint density at radius 2 is 2.05 bits per heavy atom. The lowest BCUT2D eigenvalue weighted by Crippen LogP contribution is -2.00. The summed E-state index contributed by atoms with van der Waals surface area (Å²) in [5, 5.41) is 17.6. The van der Waals surface area contributed by atoms with E-state index in [0.717, 1.165) is 23.5 Å². The van der Waals surface area contributed by atoms with E-state index < -0.39 is 0 Å². The van der Waals surface area contributed by atoms with Gasteiger partial charge in [0.15, 0.2) is 0 Å². The molecule has 0 radical (unpaired) electrons. The van der Waals surface area contributed by atoms with Crippen LogP contribution in [0, 0.1) is 0 Å². The summed E-state index contributed by atoms with van der Waals surface area (Å²) in [6.45, 7) is 0.728. The molecule has 0 aliphatic carbocycles. The molecule has 0 fully saturated rings. The number of pyridine rings is 1. The quantitative estimate of drug-likeness (QED) is 0.774. The summed E-state index contributed by atoms with van der Waals surface area (Å²) in [6, 6.07) is 3.69. The molecule has 0 aliphatic rings. The summed E-state index contributed by atoms with van der Waals surface area (Å²) in [5.74, 6) is 0. The third kappa shape index (κ3) is 2.81. The molecule has 3 heterocycles. The third-order valence-electron chi connectivity index (χ3n) is 2.97. The molecule has 3 rings (SSSR count). The van der Waals surface area contributed by atoms with Crippen molar-refractivity contribution in [2.75, 3.05) is 6.61 Å². The molecule has 3 aromatic heterocycles. The van der Waals surface area contributed by atoms with E-state index in [1.807, 2.05) is 35.1 Å². The average Bonchev–Trinajstić information content (AvgIpc) is 3.02. The fourth-order valence-corrected chi connectivity index (χ4v) is 2.22. The van der Waals surface area contributed by atoms with Crippen molar-refractivity contribution >= 4 is 17.2 Å². The molecule has 104 valence electrons. The minimum absolute atomic E-state index is 0.167. The number of nitrogens with zero attached hydrogens (tertiary/aromatic N) is 5. The predicted molar refractivity (Wildman–Crippen MR) is 74.7 cm³/mol. The van der Waals surface area contributed by atoms with Crippen molar-refractivity contribution in [2.45, 2.75) is 19.4 Å². The Morgan fingerprint density at radius 1 is 1.15 bits per heavy atom. The van der Waals surface area contributed by atoms with Gasteiger partial charge in [0.1, 0.15) is 5.65 Å². The molecule has 0 bridgehead atoms. The maximum atomic E-state index is 8.79. The van der Waals surface area contributed by atoms with E-state index in [0.29, 0.717) is 18.0 Å². The van der Waals surface area contributed by atoms with Gasteiger partial charge in [-0.1, -0.05) is 16.8 Å². The highest BCUT2D eigenvalue weighted by Gasteiger charge is 2.05. The van der Waals surface area contributed by atoms with Gasteiger partial charge in [0, 0.05) is 25.2 Å².